The molecule has 1 fully saturated rings. The predicted octanol–water partition coefficient (Wildman–Crippen LogP) is 1.39. The van der Waals surface area contributed by atoms with Gasteiger partial charge in [0.05, 0.1) is 5.69 Å². The van der Waals surface area contributed by atoms with Crippen LogP contribution in [0.3, 0.4) is 0 Å². The number of carboxylic acid groups (broad SMARTS) is 1. The number of amides is 1. The Morgan fingerprint density at radius 3 is 2.84 bits per heavy atom. The SMILES string of the molecule is Cc1cc(C(=O)N2CCCC(c3ccn(CC(=O)O)n3)C2)nc(C)n1. The third-order valence-corrected chi connectivity index (χ3v) is 4.27. The number of carbonyl (C=O) groups is 2. The van der Waals surface area contributed by atoms with Gasteiger partial charge in [-0.05, 0) is 38.8 Å². The Morgan fingerprint density at radius 1 is 1.32 bits per heavy atom. The summed E-state index contributed by atoms with van der Waals surface area (Å²) < 4.78 is 1.41. The molecule has 8 nitrogen and oxygen atoms in total. The molecule has 1 N–H and O–H groups in total. The second kappa shape index (κ2) is 7.00. The zero-order chi connectivity index (χ0) is 18.0. The third-order valence-electron chi connectivity index (χ3n) is 4.27. The van der Waals surface area contributed by atoms with E-state index >= 15 is 0 Å². The molecule has 2 aromatic rings. The normalized spacial score (nSPS) is 17.5. The van der Waals surface area contributed by atoms with E-state index in [-0.39, 0.29) is 18.4 Å². The molecule has 8 heteroatoms. The van der Waals surface area contributed by atoms with E-state index in [1.54, 1.807) is 24.1 Å². The van der Waals surface area contributed by atoms with Gasteiger partial charge in [0.1, 0.15) is 18.1 Å². The summed E-state index contributed by atoms with van der Waals surface area (Å²) in [5.41, 5.74) is 2.02. The van der Waals surface area contributed by atoms with Crippen molar-refractivity contribution < 1.29 is 14.7 Å². The molecule has 3 rings (SSSR count). The topological polar surface area (TPSA) is 101 Å². The van der Waals surface area contributed by atoms with E-state index in [1.165, 1.54) is 4.68 Å². The molecule has 0 bridgehead atoms. The predicted molar refractivity (Wildman–Crippen MR) is 89.2 cm³/mol. The van der Waals surface area contributed by atoms with E-state index in [4.69, 9.17) is 5.11 Å². The number of carboxylic acids is 1. The second-order valence-corrected chi connectivity index (χ2v) is 6.36. The fourth-order valence-electron chi connectivity index (χ4n) is 3.21. The van der Waals surface area contributed by atoms with Gasteiger partial charge in [0.15, 0.2) is 0 Å². The van der Waals surface area contributed by atoms with Crippen molar-refractivity contribution in [3.63, 3.8) is 0 Å². The second-order valence-electron chi connectivity index (χ2n) is 6.36. The van der Waals surface area contributed by atoms with Crippen molar-refractivity contribution in [2.75, 3.05) is 13.1 Å². The Bertz CT molecular complexity index is 781. The minimum absolute atomic E-state index is 0.0942. The molecule has 2 aromatic heterocycles. The summed E-state index contributed by atoms with van der Waals surface area (Å²) in [6, 6.07) is 3.54. The molecule has 3 heterocycles. The number of hydrogen-bond donors (Lipinski definition) is 1. The van der Waals surface area contributed by atoms with E-state index in [0.717, 1.165) is 24.2 Å². The number of likely N-dealkylation sites (tertiary alicyclic amines) is 1. The maximum Gasteiger partial charge on any atom is 0.325 e. The Kier molecular flexibility index (Phi) is 4.78. The molecular weight excluding hydrogens is 322 g/mol. The largest absolute Gasteiger partial charge is 0.480 e. The fraction of sp³-hybridized carbons (Fsp3) is 0.471. The average molecular weight is 343 g/mol. The summed E-state index contributed by atoms with van der Waals surface area (Å²) >= 11 is 0. The van der Waals surface area contributed by atoms with Crippen LogP contribution in [0.2, 0.25) is 0 Å². The van der Waals surface area contributed by atoms with E-state index in [2.05, 4.69) is 15.1 Å². The third kappa shape index (κ3) is 4.01. The highest BCUT2D eigenvalue weighted by Crippen LogP contribution is 2.26. The Morgan fingerprint density at radius 2 is 2.12 bits per heavy atom. The average Bonchev–Trinajstić information content (AvgIpc) is 3.01. The molecule has 1 aliphatic heterocycles. The monoisotopic (exact) mass is 343 g/mol. The lowest BCUT2D eigenvalue weighted by atomic mass is 9.94. The maximum atomic E-state index is 12.8. The van der Waals surface area contributed by atoms with Crippen LogP contribution in [0.15, 0.2) is 18.3 Å². The van der Waals surface area contributed by atoms with Crippen LogP contribution < -0.4 is 0 Å². The number of rotatable bonds is 4. The molecule has 25 heavy (non-hydrogen) atoms. The number of nitrogens with zero attached hydrogens (tertiary/aromatic N) is 5. The summed E-state index contributed by atoms with van der Waals surface area (Å²) in [6.45, 7) is 4.71. The minimum atomic E-state index is -0.926. The van der Waals surface area contributed by atoms with Gasteiger partial charge in [-0.1, -0.05) is 0 Å². The van der Waals surface area contributed by atoms with Gasteiger partial charge in [-0.15, -0.1) is 0 Å². The molecule has 1 aliphatic rings. The molecule has 132 valence electrons. The number of hydrogen-bond acceptors (Lipinski definition) is 5. The van der Waals surface area contributed by atoms with Crippen LogP contribution in [0.1, 0.15) is 46.5 Å². The zero-order valence-corrected chi connectivity index (χ0v) is 14.3. The van der Waals surface area contributed by atoms with Crippen LogP contribution >= 0.6 is 0 Å². The molecule has 1 saturated heterocycles. The van der Waals surface area contributed by atoms with Gasteiger partial charge in [-0.2, -0.15) is 5.10 Å². The van der Waals surface area contributed by atoms with Gasteiger partial charge in [0.2, 0.25) is 0 Å². The molecule has 0 radical (unpaired) electrons. The standard InChI is InChI=1S/C17H21N5O3/c1-11-8-15(19-12(2)18-11)17(25)21-6-3-4-13(9-21)14-5-7-22(20-14)10-16(23)24/h5,7-8,13H,3-4,6,9-10H2,1-2H3,(H,23,24). The maximum absolute atomic E-state index is 12.8. The first kappa shape index (κ1) is 17.1. The summed E-state index contributed by atoms with van der Waals surface area (Å²) in [5.74, 6) is -0.325. The first-order chi connectivity index (χ1) is 11.9. The lowest BCUT2D eigenvalue weighted by molar-refractivity contribution is -0.137. The quantitative estimate of drug-likeness (QED) is 0.900. The van der Waals surface area contributed by atoms with Crippen molar-refractivity contribution in [2.45, 2.75) is 39.2 Å². The van der Waals surface area contributed by atoms with Crippen molar-refractivity contribution in [2.24, 2.45) is 0 Å². The van der Waals surface area contributed by atoms with Gasteiger partial charge in [0, 0.05) is 30.9 Å². The molecule has 0 aliphatic carbocycles. The Labute approximate surface area is 145 Å². The number of aryl methyl sites for hydroxylation is 2. The highest BCUT2D eigenvalue weighted by molar-refractivity contribution is 5.92. The molecule has 1 amide bonds. The molecule has 1 unspecified atom stereocenters. The molecule has 0 spiro atoms. The molecule has 0 aromatic carbocycles. The molecule has 1 atom stereocenters. The van der Waals surface area contributed by atoms with Crippen molar-refractivity contribution in [3.8, 4) is 0 Å². The fourth-order valence-corrected chi connectivity index (χ4v) is 3.21. The first-order valence-corrected chi connectivity index (χ1v) is 8.29. The van der Waals surface area contributed by atoms with E-state index in [1.807, 2.05) is 13.0 Å². The smallest absolute Gasteiger partial charge is 0.325 e. The summed E-state index contributed by atoms with van der Waals surface area (Å²) in [4.78, 5) is 33.8. The van der Waals surface area contributed by atoms with Crippen LogP contribution in [0.4, 0.5) is 0 Å². The van der Waals surface area contributed by atoms with Crippen LogP contribution in [0.5, 0.6) is 0 Å². The minimum Gasteiger partial charge on any atom is -0.480 e. The molecular formula is C17H21N5O3. The zero-order valence-electron chi connectivity index (χ0n) is 14.3. The number of aromatic nitrogens is 4. The van der Waals surface area contributed by atoms with Crippen molar-refractivity contribution in [1.29, 1.82) is 0 Å². The lowest BCUT2D eigenvalue weighted by Crippen LogP contribution is -2.39. The van der Waals surface area contributed by atoms with Crippen molar-refractivity contribution >= 4 is 11.9 Å². The number of aliphatic carboxylic acids is 1. The van der Waals surface area contributed by atoms with E-state index in [0.29, 0.717) is 24.6 Å². The van der Waals surface area contributed by atoms with Gasteiger partial charge < -0.3 is 10.0 Å². The van der Waals surface area contributed by atoms with Crippen molar-refractivity contribution in [1.82, 2.24) is 24.6 Å². The van der Waals surface area contributed by atoms with E-state index in [9.17, 15) is 9.59 Å². The van der Waals surface area contributed by atoms with Crippen LogP contribution in [0, 0.1) is 13.8 Å². The summed E-state index contributed by atoms with van der Waals surface area (Å²) in [7, 11) is 0. The van der Waals surface area contributed by atoms with Gasteiger partial charge in [-0.3, -0.25) is 14.3 Å². The first-order valence-electron chi connectivity index (χ1n) is 8.29. The van der Waals surface area contributed by atoms with E-state index < -0.39 is 5.97 Å². The number of piperidine rings is 1. The van der Waals surface area contributed by atoms with Gasteiger partial charge in [0.25, 0.3) is 5.91 Å². The van der Waals surface area contributed by atoms with Gasteiger partial charge >= 0.3 is 5.97 Å². The number of carbonyl (C=O) groups excluding carboxylic acids is 1. The van der Waals surface area contributed by atoms with Crippen LogP contribution in [-0.4, -0.2) is 54.7 Å². The van der Waals surface area contributed by atoms with Gasteiger partial charge in [-0.25, -0.2) is 9.97 Å². The lowest BCUT2D eigenvalue weighted by Gasteiger charge is -2.31. The Balaban J connectivity index is 1.73. The highest BCUT2D eigenvalue weighted by Gasteiger charge is 2.27. The van der Waals surface area contributed by atoms with Crippen LogP contribution in [0.25, 0.3) is 0 Å². The Hall–Kier alpha value is -2.77. The highest BCUT2D eigenvalue weighted by atomic mass is 16.4. The molecule has 0 saturated carbocycles. The summed E-state index contributed by atoms with van der Waals surface area (Å²) in [6.07, 6.45) is 3.47. The van der Waals surface area contributed by atoms with Crippen molar-refractivity contribution in [3.05, 3.63) is 41.2 Å². The summed E-state index contributed by atoms with van der Waals surface area (Å²) in [5, 5.41) is 13.2. The van der Waals surface area contributed by atoms with Crippen LogP contribution in [-0.2, 0) is 11.3 Å².